The highest BCUT2D eigenvalue weighted by molar-refractivity contribution is 7.92. The molecule has 186 valence electrons. The quantitative estimate of drug-likeness (QED) is 0.305. The summed E-state index contributed by atoms with van der Waals surface area (Å²) in [5.41, 5.74) is 3.83. The molecular formula is C30H32N2O3S. The van der Waals surface area contributed by atoms with Crippen molar-refractivity contribution in [2.75, 3.05) is 17.4 Å². The van der Waals surface area contributed by atoms with Crippen LogP contribution in [0.1, 0.15) is 16.7 Å². The highest BCUT2D eigenvalue weighted by Crippen LogP contribution is 2.25. The minimum absolute atomic E-state index is 0.0552. The van der Waals surface area contributed by atoms with Gasteiger partial charge < -0.3 is 5.11 Å². The van der Waals surface area contributed by atoms with E-state index in [1.807, 2.05) is 55.5 Å². The molecule has 0 fully saturated rings. The lowest BCUT2D eigenvalue weighted by molar-refractivity contribution is 0.111. The van der Waals surface area contributed by atoms with Gasteiger partial charge in [-0.05, 0) is 42.3 Å². The average molecular weight is 501 g/mol. The highest BCUT2D eigenvalue weighted by atomic mass is 32.2. The molecule has 0 saturated carbocycles. The minimum atomic E-state index is -3.86. The average Bonchev–Trinajstić information content (AvgIpc) is 2.89. The zero-order valence-corrected chi connectivity index (χ0v) is 21.3. The number of hydrogen-bond donors (Lipinski definition) is 1. The topological polar surface area (TPSA) is 60.9 Å². The molecule has 4 aromatic carbocycles. The Labute approximate surface area is 214 Å². The van der Waals surface area contributed by atoms with E-state index in [2.05, 4.69) is 29.2 Å². The van der Waals surface area contributed by atoms with E-state index >= 15 is 0 Å². The maximum atomic E-state index is 13.6. The molecular weight excluding hydrogens is 468 g/mol. The Morgan fingerprint density at radius 2 is 1.14 bits per heavy atom. The van der Waals surface area contributed by atoms with E-state index in [1.165, 1.54) is 4.31 Å². The van der Waals surface area contributed by atoms with Gasteiger partial charge in [0.2, 0.25) is 0 Å². The summed E-state index contributed by atoms with van der Waals surface area (Å²) >= 11 is 0. The Bertz CT molecular complexity index is 1270. The molecule has 0 spiro atoms. The Kier molecular flexibility index (Phi) is 8.54. The molecule has 0 aromatic heterocycles. The number of anilines is 1. The first-order valence-electron chi connectivity index (χ1n) is 12.0. The third-order valence-corrected chi connectivity index (χ3v) is 7.80. The third kappa shape index (κ3) is 6.82. The van der Waals surface area contributed by atoms with Crippen molar-refractivity contribution >= 4 is 15.7 Å². The van der Waals surface area contributed by atoms with Crippen LogP contribution in [0, 0.1) is 6.92 Å². The smallest absolute Gasteiger partial charge is 0.264 e. The van der Waals surface area contributed by atoms with Crippen molar-refractivity contribution in [3.05, 3.63) is 132 Å². The fourth-order valence-electron chi connectivity index (χ4n) is 4.19. The van der Waals surface area contributed by atoms with Crippen LogP contribution in [0.4, 0.5) is 5.69 Å². The second-order valence-electron chi connectivity index (χ2n) is 8.98. The lowest BCUT2D eigenvalue weighted by atomic mass is 10.1. The molecule has 6 heteroatoms. The summed E-state index contributed by atoms with van der Waals surface area (Å²) in [6.07, 6.45) is -0.905. The monoisotopic (exact) mass is 500 g/mol. The van der Waals surface area contributed by atoms with Crippen molar-refractivity contribution in [3.8, 4) is 0 Å². The molecule has 36 heavy (non-hydrogen) atoms. The number of benzene rings is 4. The zero-order chi connectivity index (χ0) is 25.4. The van der Waals surface area contributed by atoms with E-state index in [0.29, 0.717) is 25.3 Å². The molecule has 0 aliphatic rings. The molecule has 4 aromatic rings. The number of aliphatic hydroxyl groups excluding tert-OH is 1. The van der Waals surface area contributed by atoms with Gasteiger partial charge in [-0.3, -0.25) is 9.21 Å². The molecule has 0 saturated heterocycles. The lowest BCUT2D eigenvalue weighted by Crippen LogP contribution is -2.42. The summed E-state index contributed by atoms with van der Waals surface area (Å²) in [4.78, 5) is 2.35. The van der Waals surface area contributed by atoms with Gasteiger partial charge in [0.1, 0.15) is 0 Å². The highest BCUT2D eigenvalue weighted by Gasteiger charge is 2.28. The lowest BCUT2D eigenvalue weighted by Gasteiger charge is -2.30. The first-order valence-corrected chi connectivity index (χ1v) is 13.5. The van der Waals surface area contributed by atoms with E-state index in [1.54, 1.807) is 42.5 Å². The molecule has 0 heterocycles. The van der Waals surface area contributed by atoms with Crippen LogP contribution >= 0.6 is 0 Å². The summed E-state index contributed by atoms with van der Waals surface area (Å²) in [5, 5.41) is 11.2. The predicted molar refractivity (Wildman–Crippen MR) is 145 cm³/mol. The maximum absolute atomic E-state index is 13.6. The van der Waals surface area contributed by atoms with Gasteiger partial charge in [-0.25, -0.2) is 8.42 Å². The summed E-state index contributed by atoms with van der Waals surface area (Å²) in [6.45, 7) is 3.50. The normalized spacial score (nSPS) is 12.4. The second-order valence-corrected chi connectivity index (χ2v) is 10.8. The van der Waals surface area contributed by atoms with Crippen LogP contribution in [0.5, 0.6) is 0 Å². The first-order chi connectivity index (χ1) is 17.4. The second kappa shape index (κ2) is 12.0. The molecule has 1 N–H and O–H groups in total. The number of aliphatic hydroxyl groups is 1. The Hall–Kier alpha value is -3.45. The molecule has 0 aliphatic carbocycles. The van der Waals surface area contributed by atoms with Crippen molar-refractivity contribution in [1.82, 2.24) is 4.90 Å². The van der Waals surface area contributed by atoms with Crippen molar-refractivity contribution in [2.45, 2.75) is 31.0 Å². The zero-order valence-electron chi connectivity index (χ0n) is 20.4. The molecule has 5 nitrogen and oxygen atoms in total. The van der Waals surface area contributed by atoms with E-state index in [9.17, 15) is 13.5 Å². The number of rotatable bonds is 11. The van der Waals surface area contributed by atoms with Crippen molar-refractivity contribution < 1.29 is 13.5 Å². The number of hydrogen-bond acceptors (Lipinski definition) is 4. The Morgan fingerprint density at radius 1 is 0.667 bits per heavy atom. The van der Waals surface area contributed by atoms with E-state index < -0.39 is 16.1 Å². The van der Waals surface area contributed by atoms with Gasteiger partial charge in [0.05, 0.1) is 23.2 Å². The van der Waals surface area contributed by atoms with Crippen molar-refractivity contribution in [1.29, 1.82) is 0 Å². The van der Waals surface area contributed by atoms with Crippen LogP contribution in [0.2, 0.25) is 0 Å². The number of aryl methyl sites for hydroxylation is 1. The maximum Gasteiger partial charge on any atom is 0.264 e. The Balaban J connectivity index is 1.58. The van der Waals surface area contributed by atoms with Gasteiger partial charge in [0.15, 0.2) is 0 Å². The van der Waals surface area contributed by atoms with Crippen molar-refractivity contribution in [2.24, 2.45) is 0 Å². The molecule has 0 radical (unpaired) electrons. The molecule has 0 unspecified atom stereocenters. The molecule has 4 rings (SSSR count). The van der Waals surface area contributed by atoms with Crippen LogP contribution in [-0.2, 0) is 23.1 Å². The van der Waals surface area contributed by atoms with Crippen molar-refractivity contribution in [3.63, 3.8) is 0 Å². The van der Waals surface area contributed by atoms with Crippen LogP contribution < -0.4 is 4.31 Å². The standard InChI is InChI=1S/C30H32N2O3S/c1-25-17-19-28(20-18-25)32(36(34,35)30-15-9-4-10-16-30)24-29(33)23-31(21-26-11-5-2-6-12-26)22-27-13-7-3-8-14-27/h2-20,29,33H,21-24H2,1H3/t29-/m0/s1. The van der Waals surface area contributed by atoms with Gasteiger partial charge in [-0.1, -0.05) is 96.6 Å². The van der Waals surface area contributed by atoms with E-state index in [-0.39, 0.29) is 11.4 Å². The summed E-state index contributed by atoms with van der Waals surface area (Å²) in [7, 11) is -3.86. The van der Waals surface area contributed by atoms with Gasteiger partial charge >= 0.3 is 0 Å². The summed E-state index contributed by atoms with van der Waals surface area (Å²) in [5.74, 6) is 0. The van der Waals surface area contributed by atoms with Crippen LogP contribution in [0.25, 0.3) is 0 Å². The van der Waals surface area contributed by atoms with Gasteiger partial charge in [0.25, 0.3) is 10.0 Å². The Morgan fingerprint density at radius 3 is 1.64 bits per heavy atom. The molecule has 0 bridgehead atoms. The fourth-order valence-corrected chi connectivity index (χ4v) is 5.71. The molecule has 1 atom stereocenters. The SMILES string of the molecule is Cc1ccc(N(C[C@@H](O)CN(Cc2ccccc2)Cc2ccccc2)S(=O)(=O)c2ccccc2)cc1. The van der Waals surface area contributed by atoms with Gasteiger partial charge in [-0.2, -0.15) is 0 Å². The van der Waals surface area contributed by atoms with Crippen LogP contribution in [-0.4, -0.2) is 37.6 Å². The van der Waals surface area contributed by atoms with E-state index in [4.69, 9.17) is 0 Å². The predicted octanol–water partition coefficient (Wildman–Crippen LogP) is 5.25. The number of sulfonamides is 1. The van der Waals surface area contributed by atoms with Crippen LogP contribution in [0.15, 0.2) is 120 Å². The summed E-state index contributed by atoms with van der Waals surface area (Å²) < 4.78 is 28.6. The number of nitrogens with zero attached hydrogens (tertiary/aromatic N) is 2. The fraction of sp³-hybridized carbons (Fsp3) is 0.200. The summed E-state index contributed by atoms with van der Waals surface area (Å²) in [6, 6.07) is 35.9. The van der Waals surface area contributed by atoms with Crippen LogP contribution in [0.3, 0.4) is 0 Å². The molecule has 0 amide bonds. The minimum Gasteiger partial charge on any atom is -0.390 e. The van der Waals surface area contributed by atoms with Gasteiger partial charge in [0, 0.05) is 19.6 Å². The third-order valence-electron chi connectivity index (χ3n) is 6.00. The van der Waals surface area contributed by atoms with Gasteiger partial charge in [-0.15, -0.1) is 0 Å². The first kappa shape index (κ1) is 25.6. The molecule has 0 aliphatic heterocycles. The largest absolute Gasteiger partial charge is 0.390 e. The van der Waals surface area contributed by atoms with E-state index in [0.717, 1.165) is 16.7 Å².